The van der Waals surface area contributed by atoms with Crippen LogP contribution in [0.3, 0.4) is 0 Å². The Hall–Kier alpha value is -2.66. The monoisotopic (exact) mass is 364 g/mol. The molecule has 0 aliphatic heterocycles. The Bertz CT molecular complexity index is 1050. The van der Waals surface area contributed by atoms with E-state index in [-0.39, 0.29) is 16.9 Å². The molecule has 0 unspecified atom stereocenters. The van der Waals surface area contributed by atoms with E-state index in [1.54, 1.807) is 0 Å². The number of carbonyl (C=O) groups excluding carboxylic acids is 1. The lowest BCUT2D eigenvalue weighted by atomic mass is 9.99. The van der Waals surface area contributed by atoms with Crippen LogP contribution in [0.4, 0.5) is 5.69 Å². The molecule has 0 fully saturated rings. The first kappa shape index (κ1) is 16.8. The summed E-state index contributed by atoms with van der Waals surface area (Å²) in [5.41, 5.74) is 3.77. The first-order valence-corrected chi connectivity index (χ1v) is 9.80. The molecular formula is C21H20N2O2S. The van der Waals surface area contributed by atoms with Crippen molar-refractivity contribution < 1.29 is 4.79 Å². The third kappa shape index (κ3) is 3.22. The van der Waals surface area contributed by atoms with Gasteiger partial charge in [-0.15, -0.1) is 11.3 Å². The number of para-hydroxylation sites is 1. The van der Waals surface area contributed by atoms with Crippen molar-refractivity contribution in [1.29, 1.82) is 0 Å². The molecule has 4 nitrogen and oxygen atoms in total. The lowest BCUT2D eigenvalue weighted by molar-refractivity contribution is 0.102. The SMILES string of the molecule is O=C(Nc1ccccc1C1=CCCCCC1)c1c[nH]c2ccsc2c1=O. The summed E-state index contributed by atoms with van der Waals surface area (Å²) >= 11 is 1.35. The predicted molar refractivity (Wildman–Crippen MR) is 108 cm³/mol. The topological polar surface area (TPSA) is 62.0 Å². The fraction of sp³-hybridized carbons (Fsp3) is 0.238. The van der Waals surface area contributed by atoms with Crippen molar-refractivity contribution in [2.24, 2.45) is 0 Å². The van der Waals surface area contributed by atoms with Gasteiger partial charge < -0.3 is 10.3 Å². The number of hydrogen-bond donors (Lipinski definition) is 2. The predicted octanol–water partition coefficient (Wildman–Crippen LogP) is 5.19. The van der Waals surface area contributed by atoms with E-state index in [9.17, 15) is 9.59 Å². The molecule has 1 aliphatic carbocycles. The van der Waals surface area contributed by atoms with Crippen molar-refractivity contribution in [2.45, 2.75) is 32.1 Å². The lowest BCUT2D eigenvalue weighted by Gasteiger charge is -2.13. The number of carbonyl (C=O) groups is 1. The maximum absolute atomic E-state index is 12.8. The largest absolute Gasteiger partial charge is 0.359 e. The molecule has 0 radical (unpaired) electrons. The molecule has 132 valence electrons. The average Bonchev–Trinajstić information content (AvgIpc) is 2.98. The number of H-pyrrole nitrogens is 1. The van der Waals surface area contributed by atoms with Crippen LogP contribution in [-0.2, 0) is 0 Å². The van der Waals surface area contributed by atoms with Crippen LogP contribution in [0.5, 0.6) is 0 Å². The van der Waals surface area contributed by atoms with Crippen LogP contribution in [0.15, 0.2) is 52.8 Å². The Morgan fingerprint density at radius 3 is 2.92 bits per heavy atom. The molecule has 4 rings (SSSR count). The minimum atomic E-state index is -0.372. The number of benzene rings is 1. The fourth-order valence-electron chi connectivity index (χ4n) is 3.43. The van der Waals surface area contributed by atoms with Gasteiger partial charge >= 0.3 is 0 Å². The van der Waals surface area contributed by atoms with Crippen LogP contribution < -0.4 is 10.7 Å². The molecule has 26 heavy (non-hydrogen) atoms. The number of fused-ring (bicyclic) bond motifs is 1. The molecule has 3 aromatic rings. The number of anilines is 1. The molecule has 2 N–H and O–H groups in total. The number of aromatic nitrogens is 1. The number of aromatic amines is 1. The van der Waals surface area contributed by atoms with Crippen molar-refractivity contribution in [3.63, 3.8) is 0 Å². The highest BCUT2D eigenvalue weighted by Crippen LogP contribution is 2.31. The molecule has 0 atom stereocenters. The Balaban J connectivity index is 1.66. The van der Waals surface area contributed by atoms with Gasteiger partial charge in [0.15, 0.2) is 0 Å². The van der Waals surface area contributed by atoms with Gasteiger partial charge in [-0.05, 0) is 48.8 Å². The van der Waals surface area contributed by atoms with E-state index in [2.05, 4.69) is 16.4 Å². The zero-order chi connectivity index (χ0) is 17.9. The maximum atomic E-state index is 12.8. The van der Waals surface area contributed by atoms with Crippen LogP contribution >= 0.6 is 11.3 Å². The first-order valence-electron chi connectivity index (χ1n) is 8.93. The molecule has 0 bridgehead atoms. The van der Waals surface area contributed by atoms with Gasteiger partial charge in [0.2, 0.25) is 5.43 Å². The molecule has 1 amide bonds. The van der Waals surface area contributed by atoms with Gasteiger partial charge in [0.25, 0.3) is 5.91 Å². The summed E-state index contributed by atoms with van der Waals surface area (Å²) in [6.45, 7) is 0. The lowest BCUT2D eigenvalue weighted by Crippen LogP contribution is -2.21. The van der Waals surface area contributed by atoms with E-state index >= 15 is 0 Å². The second kappa shape index (κ2) is 7.30. The van der Waals surface area contributed by atoms with Crippen LogP contribution in [0.2, 0.25) is 0 Å². The third-order valence-corrected chi connectivity index (χ3v) is 5.71. The number of pyridine rings is 1. The maximum Gasteiger partial charge on any atom is 0.261 e. The zero-order valence-electron chi connectivity index (χ0n) is 14.4. The van der Waals surface area contributed by atoms with Crippen LogP contribution in [0.1, 0.15) is 48.0 Å². The first-order chi connectivity index (χ1) is 12.7. The van der Waals surface area contributed by atoms with Crippen LogP contribution in [0.25, 0.3) is 15.8 Å². The number of thiophene rings is 1. The number of hydrogen-bond acceptors (Lipinski definition) is 3. The molecule has 0 saturated carbocycles. The molecule has 2 aromatic heterocycles. The zero-order valence-corrected chi connectivity index (χ0v) is 15.2. The highest BCUT2D eigenvalue weighted by atomic mass is 32.1. The summed E-state index contributed by atoms with van der Waals surface area (Å²) in [6.07, 6.45) is 9.51. The smallest absolute Gasteiger partial charge is 0.261 e. The quantitative estimate of drug-likeness (QED) is 0.672. The summed E-state index contributed by atoms with van der Waals surface area (Å²) in [5, 5.41) is 4.79. The van der Waals surface area contributed by atoms with Crippen molar-refractivity contribution in [3.8, 4) is 0 Å². The third-order valence-electron chi connectivity index (χ3n) is 4.79. The minimum Gasteiger partial charge on any atom is -0.359 e. The second-order valence-corrected chi connectivity index (χ2v) is 7.44. The summed E-state index contributed by atoms with van der Waals surface area (Å²) in [4.78, 5) is 28.4. The molecule has 1 aliphatic rings. The summed E-state index contributed by atoms with van der Waals surface area (Å²) in [6, 6.07) is 9.68. The Labute approximate surface area is 155 Å². The number of amides is 1. The number of allylic oxidation sites excluding steroid dienone is 2. The molecule has 0 spiro atoms. The standard InChI is InChI=1S/C21H20N2O2S/c24-19-16(13-22-18-11-12-26-20(18)19)21(25)23-17-10-6-5-9-15(17)14-7-3-1-2-4-8-14/h5-7,9-13H,1-4,8H2,(H,22,24)(H,23,25). The second-order valence-electron chi connectivity index (χ2n) is 6.52. The van der Waals surface area contributed by atoms with Gasteiger partial charge in [-0.1, -0.05) is 30.7 Å². The minimum absolute atomic E-state index is 0.143. The highest BCUT2D eigenvalue weighted by Gasteiger charge is 2.16. The Kier molecular flexibility index (Phi) is 4.71. The van der Waals surface area contributed by atoms with Gasteiger partial charge in [-0.3, -0.25) is 9.59 Å². The Morgan fingerprint density at radius 1 is 1.12 bits per heavy atom. The number of rotatable bonds is 3. The van der Waals surface area contributed by atoms with E-state index in [0.29, 0.717) is 4.70 Å². The molecule has 2 heterocycles. The summed E-state index contributed by atoms with van der Waals surface area (Å²) in [7, 11) is 0. The fourth-order valence-corrected chi connectivity index (χ4v) is 4.24. The van der Waals surface area contributed by atoms with Crippen LogP contribution in [-0.4, -0.2) is 10.9 Å². The van der Waals surface area contributed by atoms with E-state index in [1.807, 2.05) is 35.7 Å². The van der Waals surface area contributed by atoms with Gasteiger partial charge in [-0.25, -0.2) is 0 Å². The van der Waals surface area contributed by atoms with Crippen LogP contribution in [0, 0.1) is 0 Å². The van der Waals surface area contributed by atoms with E-state index in [1.165, 1.54) is 42.4 Å². The van der Waals surface area contributed by atoms with Crippen molar-refractivity contribution in [1.82, 2.24) is 4.98 Å². The molecule has 1 aromatic carbocycles. The summed E-state index contributed by atoms with van der Waals surface area (Å²) in [5.74, 6) is -0.372. The highest BCUT2D eigenvalue weighted by molar-refractivity contribution is 7.17. The van der Waals surface area contributed by atoms with Crippen molar-refractivity contribution in [3.05, 3.63) is 69.3 Å². The van der Waals surface area contributed by atoms with Gasteiger partial charge in [0.1, 0.15) is 5.56 Å². The van der Waals surface area contributed by atoms with E-state index in [0.717, 1.165) is 29.6 Å². The van der Waals surface area contributed by atoms with E-state index < -0.39 is 0 Å². The normalized spacial score (nSPS) is 14.7. The number of nitrogens with one attached hydrogen (secondary N) is 2. The van der Waals surface area contributed by atoms with Gasteiger partial charge in [-0.2, -0.15) is 0 Å². The molecule has 5 heteroatoms. The van der Waals surface area contributed by atoms with Crippen molar-refractivity contribution >= 4 is 38.7 Å². The Morgan fingerprint density at radius 2 is 2.00 bits per heavy atom. The van der Waals surface area contributed by atoms with E-state index in [4.69, 9.17) is 0 Å². The average molecular weight is 364 g/mol. The van der Waals surface area contributed by atoms with Crippen molar-refractivity contribution in [2.75, 3.05) is 5.32 Å². The van der Waals surface area contributed by atoms with Gasteiger partial charge in [0.05, 0.1) is 10.2 Å². The summed E-state index contributed by atoms with van der Waals surface area (Å²) < 4.78 is 0.581. The molecular weight excluding hydrogens is 344 g/mol. The molecule has 0 saturated heterocycles. The van der Waals surface area contributed by atoms with Gasteiger partial charge in [0, 0.05) is 17.4 Å².